The minimum Gasteiger partial charge on any atom is -0.357 e. The Morgan fingerprint density at radius 2 is 1.67 bits per heavy atom. The number of rotatable bonds is 9. The van der Waals surface area contributed by atoms with Gasteiger partial charge in [0.2, 0.25) is 11.8 Å². The fourth-order valence-corrected chi connectivity index (χ4v) is 5.46. The van der Waals surface area contributed by atoms with Crippen molar-refractivity contribution in [3.05, 3.63) is 94.8 Å². The van der Waals surface area contributed by atoms with Gasteiger partial charge < -0.3 is 10.2 Å². The third kappa shape index (κ3) is 6.03. The monoisotopic (exact) mass is 531 g/mol. The van der Waals surface area contributed by atoms with Gasteiger partial charge in [0.25, 0.3) is 10.0 Å². The Morgan fingerprint density at radius 1 is 1.03 bits per heavy atom. The molecule has 0 aliphatic carbocycles. The molecule has 0 saturated heterocycles. The molecular weight excluding hydrogens is 505 g/mol. The number of hydrogen-bond acceptors (Lipinski definition) is 4. The van der Waals surface area contributed by atoms with Crippen molar-refractivity contribution in [2.24, 2.45) is 0 Å². The van der Waals surface area contributed by atoms with Crippen LogP contribution in [-0.4, -0.2) is 44.8 Å². The van der Waals surface area contributed by atoms with Gasteiger partial charge in [-0.2, -0.15) is 0 Å². The standard InChI is InChI=1S/C26H27ClFN3O4S/c1-18-15-21(27)13-14-24(18)31(36(34,35)22-10-5-4-6-11-22)17-25(32)30(19(2)26(33)29-3)16-20-9-7-8-12-23(20)28/h4-15,19H,16-17H2,1-3H3,(H,29,33). The fraction of sp³-hybridized carbons (Fsp3) is 0.231. The van der Waals surface area contributed by atoms with E-state index in [0.29, 0.717) is 10.6 Å². The van der Waals surface area contributed by atoms with Gasteiger partial charge in [0.1, 0.15) is 18.4 Å². The Bertz CT molecular complexity index is 1350. The zero-order valence-corrected chi connectivity index (χ0v) is 21.7. The molecule has 0 fully saturated rings. The Morgan fingerprint density at radius 3 is 2.28 bits per heavy atom. The van der Waals surface area contributed by atoms with Crippen LogP contribution in [0.2, 0.25) is 5.02 Å². The molecule has 0 saturated carbocycles. The van der Waals surface area contributed by atoms with Crippen LogP contribution >= 0.6 is 11.6 Å². The minimum atomic E-state index is -4.18. The third-order valence-corrected chi connectivity index (χ3v) is 7.76. The Balaban J connectivity index is 2.07. The summed E-state index contributed by atoms with van der Waals surface area (Å²) in [7, 11) is -2.76. The molecule has 0 spiro atoms. The SMILES string of the molecule is CNC(=O)C(C)N(Cc1ccccc1F)C(=O)CN(c1ccc(Cl)cc1C)S(=O)(=O)c1ccccc1. The lowest BCUT2D eigenvalue weighted by molar-refractivity contribution is -0.139. The zero-order chi connectivity index (χ0) is 26.5. The summed E-state index contributed by atoms with van der Waals surface area (Å²) in [6.07, 6.45) is 0. The molecule has 3 aromatic carbocycles. The minimum absolute atomic E-state index is 0.00727. The lowest BCUT2D eigenvalue weighted by Crippen LogP contribution is -2.51. The molecule has 1 N–H and O–H groups in total. The van der Waals surface area contributed by atoms with Crippen LogP contribution in [0, 0.1) is 12.7 Å². The third-order valence-electron chi connectivity index (χ3n) is 5.75. The Hall–Kier alpha value is -3.43. The van der Waals surface area contributed by atoms with Gasteiger partial charge in [-0.15, -0.1) is 0 Å². The molecule has 2 amide bonds. The van der Waals surface area contributed by atoms with Crippen molar-refractivity contribution in [1.82, 2.24) is 10.2 Å². The zero-order valence-electron chi connectivity index (χ0n) is 20.1. The van der Waals surface area contributed by atoms with Crippen LogP contribution in [0.1, 0.15) is 18.1 Å². The molecule has 0 aromatic heterocycles. The molecule has 190 valence electrons. The van der Waals surface area contributed by atoms with Crippen molar-refractivity contribution in [1.29, 1.82) is 0 Å². The molecule has 0 radical (unpaired) electrons. The number of halogens is 2. The number of carbonyl (C=O) groups is 2. The van der Waals surface area contributed by atoms with Gasteiger partial charge in [0.15, 0.2) is 0 Å². The van der Waals surface area contributed by atoms with Crippen LogP contribution in [-0.2, 0) is 26.2 Å². The molecular formula is C26H27ClFN3O4S. The second-order valence-corrected chi connectivity index (χ2v) is 10.5. The summed E-state index contributed by atoms with van der Waals surface area (Å²) in [5.74, 6) is -1.69. The number of carbonyl (C=O) groups excluding carboxylic acids is 2. The highest BCUT2D eigenvalue weighted by atomic mass is 35.5. The largest absolute Gasteiger partial charge is 0.357 e. The molecule has 10 heteroatoms. The van der Waals surface area contributed by atoms with Crippen molar-refractivity contribution in [2.45, 2.75) is 31.3 Å². The van der Waals surface area contributed by atoms with E-state index in [1.54, 1.807) is 37.3 Å². The number of benzene rings is 3. The van der Waals surface area contributed by atoms with E-state index in [9.17, 15) is 22.4 Å². The summed E-state index contributed by atoms with van der Waals surface area (Å²) in [6.45, 7) is 2.35. The molecule has 0 heterocycles. The molecule has 3 rings (SSSR count). The normalized spacial score (nSPS) is 12.0. The number of likely N-dealkylation sites (N-methyl/N-ethyl adjacent to an activating group) is 1. The summed E-state index contributed by atoms with van der Waals surface area (Å²) >= 11 is 6.08. The smallest absolute Gasteiger partial charge is 0.264 e. The van der Waals surface area contributed by atoms with E-state index in [4.69, 9.17) is 11.6 Å². The topological polar surface area (TPSA) is 86.8 Å². The summed E-state index contributed by atoms with van der Waals surface area (Å²) in [6, 6.07) is 17.3. The van der Waals surface area contributed by atoms with Crippen molar-refractivity contribution in [3.63, 3.8) is 0 Å². The number of aryl methyl sites for hydroxylation is 1. The van der Waals surface area contributed by atoms with E-state index in [1.807, 2.05) is 0 Å². The van der Waals surface area contributed by atoms with Crippen LogP contribution in [0.15, 0.2) is 77.7 Å². The number of hydrogen-bond donors (Lipinski definition) is 1. The lowest BCUT2D eigenvalue weighted by Gasteiger charge is -2.32. The maximum atomic E-state index is 14.4. The molecule has 0 aliphatic rings. The van der Waals surface area contributed by atoms with Crippen molar-refractivity contribution in [3.8, 4) is 0 Å². The summed E-state index contributed by atoms with van der Waals surface area (Å²) < 4.78 is 42.8. The first-order chi connectivity index (χ1) is 17.1. The summed E-state index contributed by atoms with van der Waals surface area (Å²) in [5, 5.41) is 2.89. The first-order valence-electron chi connectivity index (χ1n) is 11.1. The van der Waals surface area contributed by atoms with Crippen LogP contribution in [0.3, 0.4) is 0 Å². The number of amides is 2. The van der Waals surface area contributed by atoms with Gasteiger partial charge in [0, 0.05) is 24.2 Å². The Labute approximate surface area is 215 Å². The van der Waals surface area contributed by atoms with Crippen molar-refractivity contribution < 1.29 is 22.4 Å². The molecule has 1 atom stereocenters. The van der Waals surface area contributed by atoms with Crippen molar-refractivity contribution in [2.75, 3.05) is 17.9 Å². The van der Waals surface area contributed by atoms with E-state index >= 15 is 0 Å². The highest BCUT2D eigenvalue weighted by molar-refractivity contribution is 7.92. The van der Waals surface area contributed by atoms with Crippen molar-refractivity contribution >= 4 is 39.1 Å². The Kier molecular flexibility index (Phi) is 8.70. The van der Waals surface area contributed by atoms with Gasteiger partial charge in [-0.1, -0.05) is 48.0 Å². The molecule has 3 aromatic rings. The first kappa shape index (κ1) is 27.2. The second kappa shape index (κ2) is 11.5. The predicted octanol–water partition coefficient (Wildman–Crippen LogP) is 4.15. The van der Waals surface area contributed by atoms with E-state index in [1.165, 1.54) is 56.4 Å². The maximum Gasteiger partial charge on any atom is 0.264 e. The average molecular weight is 532 g/mol. The van der Waals surface area contributed by atoms with Gasteiger partial charge >= 0.3 is 0 Å². The maximum absolute atomic E-state index is 14.4. The first-order valence-corrected chi connectivity index (χ1v) is 13.0. The van der Waals surface area contributed by atoms with Crippen LogP contribution < -0.4 is 9.62 Å². The highest BCUT2D eigenvalue weighted by Gasteiger charge is 2.33. The number of nitrogens with one attached hydrogen (secondary N) is 1. The second-order valence-electron chi connectivity index (χ2n) is 8.16. The summed E-state index contributed by atoms with van der Waals surface area (Å²) in [5.41, 5.74) is 0.992. The quantitative estimate of drug-likeness (QED) is 0.449. The highest BCUT2D eigenvalue weighted by Crippen LogP contribution is 2.29. The van der Waals surface area contributed by atoms with Gasteiger partial charge in [-0.3, -0.25) is 13.9 Å². The number of sulfonamides is 1. The van der Waals surface area contributed by atoms with E-state index in [-0.39, 0.29) is 22.7 Å². The molecule has 7 nitrogen and oxygen atoms in total. The predicted molar refractivity (Wildman–Crippen MR) is 138 cm³/mol. The lowest BCUT2D eigenvalue weighted by atomic mass is 10.1. The number of anilines is 1. The van der Waals surface area contributed by atoms with Gasteiger partial charge in [-0.25, -0.2) is 12.8 Å². The van der Waals surface area contributed by atoms with Crippen LogP contribution in [0.25, 0.3) is 0 Å². The number of nitrogens with zero attached hydrogens (tertiary/aromatic N) is 2. The van der Waals surface area contributed by atoms with Gasteiger partial charge in [0.05, 0.1) is 10.6 Å². The van der Waals surface area contributed by atoms with E-state index in [0.717, 1.165) is 9.21 Å². The molecule has 0 bridgehead atoms. The molecule has 1 unspecified atom stereocenters. The van der Waals surface area contributed by atoms with Crippen LogP contribution in [0.5, 0.6) is 0 Å². The fourth-order valence-electron chi connectivity index (χ4n) is 3.73. The molecule has 36 heavy (non-hydrogen) atoms. The summed E-state index contributed by atoms with van der Waals surface area (Å²) in [4.78, 5) is 27.3. The van der Waals surface area contributed by atoms with Gasteiger partial charge in [-0.05, 0) is 55.8 Å². The van der Waals surface area contributed by atoms with E-state index in [2.05, 4.69) is 5.32 Å². The van der Waals surface area contributed by atoms with Crippen LogP contribution in [0.4, 0.5) is 10.1 Å². The van der Waals surface area contributed by atoms with E-state index < -0.39 is 40.2 Å². The average Bonchev–Trinajstić information content (AvgIpc) is 2.86. The molecule has 0 aliphatic heterocycles.